The van der Waals surface area contributed by atoms with Crippen LogP contribution in [0.2, 0.25) is 0 Å². The molecule has 0 saturated carbocycles. The first kappa shape index (κ1) is 11.2. The molecule has 0 aromatic carbocycles. The molecule has 0 radical (unpaired) electrons. The fraction of sp³-hybridized carbons (Fsp3) is 0.667. The van der Waals surface area contributed by atoms with Crippen molar-refractivity contribution in [1.82, 2.24) is 5.32 Å². The highest BCUT2D eigenvalue weighted by Gasteiger charge is 2.02. The van der Waals surface area contributed by atoms with Gasteiger partial charge in [-0.1, -0.05) is 13.5 Å². The monoisotopic (exact) mass is 171 g/mol. The summed E-state index contributed by atoms with van der Waals surface area (Å²) in [5, 5.41) is 3.20. The zero-order chi connectivity index (χ0) is 9.40. The van der Waals surface area contributed by atoms with E-state index in [0.29, 0.717) is 6.61 Å². The van der Waals surface area contributed by atoms with Gasteiger partial charge in [-0.25, -0.2) is 4.79 Å². The zero-order valence-corrected chi connectivity index (χ0v) is 7.80. The van der Waals surface area contributed by atoms with Crippen molar-refractivity contribution in [3.8, 4) is 0 Å². The molecule has 0 rings (SSSR count). The van der Waals surface area contributed by atoms with Crippen molar-refractivity contribution in [2.75, 3.05) is 13.2 Å². The first-order chi connectivity index (χ1) is 5.70. The van der Waals surface area contributed by atoms with E-state index in [-0.39, 0.29) is 12.0 Å². The van der Waals surface area contributed by atoms with Crippen LogP contribution in [0.1, 0.15) is 20.3 Å². The predicted octanol–water partition coefficient (Wildman–Crippen LogP) is 1.10. The van der Waals surface area contributed by atoms with Crippen LogP contribution in [0.25, 0.3) is 0 Å². The summed E-state index contributed by atoms with van der Waals surface area (Å²) in [5.74, 6) is -0.361. The van der Waals surface area contributed by atoms with Gasteiger partial charge in [0.15, 0.2) is 0 Å². The lowest BCUT2D eigenvalue weighted by atomic mass is 10.3. The number of carbonyl (C=O) groups excluding carboxylic acids is 1. The SMILES string of the molecule is C=CC(=O)OCC(C)NCCC. The van der Waals surface area contributed by atoms with E-state index in [1.165, 1.54) is 6.08 Å². The second kappa shape index (κ2) is 6.85. The third kappa shape index (κ3) is 5.92. The Balaban J connectivity index is 3.36. The van der Waals surface area contributed by atoms with Crippen LogP contribution in [0.4, 0.5) is 0 Å². The van der Waals surface area contributed by atoms with Gasteiger partial charge in [0.05, 0.1) is 0 Å². The van der Waals surface area contributed by atoms with E-state index in [1.54, 1.807) is 0 Å². The molecule has 0 aliphatic heterocycles. The molecule has 12 heavy (non-hydrogen) atoms. The van der Waals surface area contributed by atoms with E-state index in [1.807, 2.05) is 6.92 Å². The van der Waals surface area contributed by atoms with Gasteiger partial charge >= 0.3 is 5.97 Å². The lowest BCUT2D eigenvalue weighted by Crippen LogP contribution is -2.31. The van der Waals surface area contributed by atoms with E-state index in [2.05, 4.69) is 18.8 Å². The number of ether oxygens (including phenoxy) is 1. The Kier molecular flexibility index (Phi) is 6.38. The second-order valence-electron chi connectivity index (χ2n) is 2.69. The van der Waals surface area contributed by atoms with Gasteiger partial charge in [0.25, 0.3) is 0 Å². The largest absolute Gasteiger partial charge is 0.461 e. The van der Waals surface area contributed by atoms with E-state index < -0.39 is 0 Å². The maximum absolute atomic E-state index is 10.6. The number of esters is 1. The average molecular weight is 171 g/mol. The van der Waals surface area contributed by atoms with Crippen LogP contribution in [-0.2, 0) is 9.53 Å². The van der Waals surface area contributed by atoms with E-state index >= 15 is 0 Å². The molecule has 1 atom stereocenters. The lowest BCUT2D eigenvalue weighted by Gasteiger charge is -2.12. The molecule has 0 amide bonds. The third-order valence-corrected chi connectivity index (χ3v) is 1.39. The smallest absolute Gasteiger partial charge is 0.330 e. The standard InChI is InChI=1S/C9H17NO2/c1-4-6-10-8(3)7-12-9(11)5-2/h5,8,10H,2,4,6-7H2,1,3H3. The second-order valence-corrected chi connectivity index (χ2v) is 2.69. The normalized spacial score (nSPS) is 12.2. The Labute approximate surface area is 73.8 Å². The summed E-state index contributed by atoms with van der Waals surface area (Å²) in [7, 11) is 0. The predicted molar refractivity (Wildman–Crippen MR) is 48.9 cm³/mol. The third-order valence-electron chi connectivity index (χ3n) is 1.39. The number of hydrogen-bond acceptors (Lipinski definition) is 3. The van der Waals surface area contributed by atoms with Crippen LogP contribution in [0.15, 0.2) is 12.7 Å². The minimum atomic E-state index is -0.361. The van der Waals surface area contributed by atoms with Crippen LogP contribution >= 0.6 is 0 Å². The molecule has 0 aliphatic rings. The van der Waals surface area contributed by atoms with Crippen molar-refractivity contribution in [3.05, 3.63) is 12.7 Å². The Hall–Kier alpha value is -0.830. The maximum atomic E-state index is 10.6. The first-order valence-corrected chi connectivity index (χ1v) is 4.23. The summed E-state index contributed by atoms with van der Waals surface area (Å²) in [6.45, 7) is 8.74. The number of hydrogen-bond donors (Lipinski definition) is 1. The van der Waals surface area contributed by atoms with Crippen molar-refractivity contribution in [2.45, 2.75) is 26.3 Å². The molecule has 1 N–H and O–H groups in total. The Morgan fingerprint density at radius 2 is 2.42 bits per heavy atom. The molecule has 0 aromatic rings. The lowest BCUT2D eigenvalue weighted by molar-refractivity contribution is -0.138. The van der Waals surface area contributed by atoms with Crippen molar-refractivity contribution >= 4 is 5.97 Å². The van der Waals surface area contributed by atoms with Crippen molar-refractivity contribution in [1.29, 1.82) is 0 Å². The molecule has 0 fully saturated rings. The minimum Gasteiger partial charge on any atom is -0.461 e. The Morgan fingerprint density at radius 1 is 1.75 bits per heavy atom. The Bertz CT molecular complexity index is 145. The minimum absolute atomic E-state index is 0.217. The molecule has 0 aromatic heterocycles. The van der Waals surface area contributed by atoms with Gasteiger partial charge < -0.3 is 10.1 Å². The molecule has 0 bridgehead atoms. The number of rotatable bonds is 6. The van der Waals surface area contributed by atoms with E-state index in [4.69, 9.17) is 4.74 Å². The van der Waals surface area contributed by atoms with Crippen LogP contribution in [-0.4, -0.2) is 25.2 Å². The molecule has 3 nitrogen and oxygen atoms in total. The van der Waals surface area contributed by atoms with Gasteiger partial charge in [-0.05, 0) is 19.9 Å². The number of carbonyl (C=O) groups is 1. The summed E-state index contributed by atoms with van der Waals surface area (Å²) >= 11 is 0. The highest BCUT2D eigenvalue weighted by Crippen LogP contribution is 1.86. The average Bonchev–Trinajstić information content (AvgIpc) is 2.10. The summed E-state index contributed by atoms with van der Waals surface area (Å²) in [6.07, 6.45) is 2.26. The van der Waals surface area contributed by atoms with Crippen molar-refractivity contribution in [2.24, 2.45) is 0 Å². The topological polar surface area (TPSA) is 38.3 Å². The molecule has 0 saturated heterocycles. The van der Waals surface area contributed by atoms with Crippen LogP contribution in [0, 0.1) is 0 Å². The maximum Gasteiger partial charge on any atom is 0.330 e. The van der Waals surface area contributed by atoms with Gasteiger partial charge in [0.1, 0.15) is 6.61 Å². The van der Waals surface area contributed by atoms with E-state index in [0.717, 1.165) is 13.0 Å². The molecule has 0 aliphatic carbocycles. The van der Waals surface area contributed by atoms with Crippen molar-refractivity contribution < 1.29 is 9.53 Å². The van der Waals surface area contributed by atoms with Gasteiger partial charge in [0, 0.05) is 12.1 Å². The van der Waals surface area contributed by atoms with Gasteiger partial charge in [-0.2, -0.15) is 0 Å². The van der Waals surface area contributed by atoms with Crippen LogP contribution in [0.5, 0.6) is 0 Å². The highest BCUT2D eigenvalue weighted by molar-refractivity contribution is 5.81. The summed E-state index contributed by atoms with van der Waals surface area (Å²) in [5.41, 5.74) is 0. The Morgan fingerprint density at radius 3 is 2.92 bits per heavy atom. The van der Waals surface area contributed by atoms with Gasteiger partial charge in [-0.3, -0.25) is 0 Å². The fourth-order valence-corrected chi connectivity index (χ4v) is 0.716. The van der Waals surface area contributed by atoms with E-state index in [9.17, 15) is 4.79 Å². The molecular weight excluding hydrogens is 154 g/mol. The quantitative estimate of drug-likeness (QED) is 0.480. The molecule has 3 heteroatoms. The molecule has 70 valence electrons. The summed E-state index contributed by atoms with van der Waals surface area (Å²) in [4.78, 5) is 10.6. The van der Waals surface area contributed by atoms with Crippen LogP contribution < -0.4 is 5.32 Å². The highest BCUT2D eigenvalue weighted by atomic mass is 16.5. The summed E-state index contributed by atoms with van der Waals surface area (Å²) in [6, 6.07) is 0.217. The van der Waals surface area contributed by atoms with Gasteiger partial charge in [0.2, 0.25) is 0 Å². The van der Waals surface area contributed by atoms with Crippen molar-refractivity contribution in [3.63, 3.8) is 0 Å². The van der Waals surface area contributed by atoms with Gasteiger partial charge in [-0.15, -0.1) is 0 Å². The fourth-order valence-electron chi connectivity index (χ4n) is 0.716. The molecule has 0 heterocycles. The van der Waals surface area contributed by atoms with Crippen LogP contribution in [0.3, 0.4) is 0 Å². The molecule has 1 unspecified atom stereocenters. The first-order valence-electron chi connectivity index (χ1n) is 4.23. The molecule has 0 spiro atoms. The summed E-state index contributed by atoms with van der Waals surface area (Å²) < 4.78 is 4.83. The number of nitrogens with one attached hydrogen (secondary N) is 1. The molecular formula is C9H17NO2. The zero-order valence-electron chi connectivity index (χ0n) is 7.80.